The van der Waals surface area contributed by atoms with Crippen molar-refractivity contribution in [3.63, 3.8) is 0 Å². The van der Waals surface area contributed by atoms with E-state index in [0.717, 1.165) is 4.68 Å². The normalized spacial score (nSPS) is 12.0. The van der Waals surface area contributed by atoms with Gasteiger partial charge < -0.3 is 15.2 Å². The first-order valence-electron chi connectivity index (χ1n) is 7.67. The summed E-state index contributed by atoms with van der Waals surface area (Å²) in [7, 11) is 1.43. The number of amides is 1. The lowest BCUT2D eigenvalue weighted by Gasteiger charge is -2.14. The van der Waals surface area contributed by atoms with E-state index in [9.17, 15) is 19.2 Å². The molecule has 134 valence electrons. The zero-order chi connectivity index (χ0) is 18.4. The van der Waals surface area contributed by atoms with E-state index in [4.69, 9.17) is 9.84 Å². The van der Waals surface area contributed by atoms with E-state index < -0.39 is 29.0 Å². The highest BCUT2D eigenvalue weighted by molar-refractivity contribution is 5.83. The van der Waals surface area contributed by atoms with Crippen molar-refractivity contribution in [2.75, 3.05) is 13.7 Å². The van der Waals surface area contributed by atoms with Crippen LogP contribution in [-0.4, -0.2) is 46.5 Å². The Bertz CT molecular complexity index is 885. The Kier molecular flexibility index (Phi) is 6.07. The van der Waals surface area contributed by atoms with Crippen LogP contribution in [0.2, 0.25) is 0 Å². The van der Waals surface area contributed by atoms with E-state index in [0.29, 0.717) is 0 Å². The lowest BCUT2D eigenvalue weighted by molar-refractivity contribution is -0.142. The summed E-state index contributed by atoms with van der Waals surface area (Å²) in [5.41, 5.74) is -0.851. The molecule has 2 aromatic rings. The third-order valence-corrected chi connectivity index (χ3v) is 3.69. The van der Waals surface area contributed by atoms with Crippen LogP contribution in [0.3, 0.4) is 0 Å². The second-order valence-corrected chi connectivity index (χ2v) is 5.43. The van der Waals surface area contributed by atoms with Crippen molar-refractivity contribution in [2.45, 2.75) is 25.4 Å². The van der Waals surface area contributed by atoms with E-state index >= 15 is 0 Å². The third-order valence-electron chi connectivity index (χ3n) is 3.69. The fraction of sp³-hybridized carbons (Fsp3) is 0.375. The van der Waals surface area contributed by atoms with Crippen LogP contribution in [0.25, 0.3) is 10.8 Å². The molecule has 1 heterocycles. The van der Waals surface area contributed by atoms with Crippen LogP contribution >= 0.6 is 0 Å². The van der Waals surface area contributed by atoms with Crippen molar-refractivity contribution in [2.24, 2.45) is 0 Å². The Morgan fingerprint density at radius 2 is 1.96 bits per heavy atom. The average Bonchev–Trinajstić information content (AvgIpc) is 2.60. The molecule has 0 bridgehead atoms. The molecular formula is C16H19N3O6. The number of methoxy groups -OCH3 is 1. The largest absolute Gasteiger partial charge is 0.480 e. The minimum absolute atomic E-state index is 0.0681. The average molecular weight is 349 g/mol. The topological polar surface area (TPSA) is 130 Å². The Labute approximate surface area is 142 Å². The van der Waals surface area contributed by atoms with Gasteiger partial charge in [-0.3, -0.25) is 19.5 Å². The molecule has 0 saturated heterocycles. The summed E-state index contributed by atoms with van der Waals surface area (Å²) in [6.45, 7) is 0.121. The highest BCUT2D eigenvalue weighted by atomic mass is 16.5. The number of hydrogen-bond donors (Lipinski definition) is 3. The number of carbonyl (C=O) groups is 2. The summed E-state index contributed by atoms with van der Waals surface area (Å²) in [5, 5.41) is 14.4. The highest BCUT2D eigenvalue weighted by Gasteiger charge is 2.19. The molecule has 0 radical (unpaired) electrons. The SMILES string of the molecule is COCCC(NC(=O)CCn1[nH]c(=O)c2ccccc2c1=O)C(=O)O. The van der Waals surface area contributed by atoms with Crippen LogP contribution in [-0.2, 0) is 20.9 Å². The molecule has 0 fully saturated rings. The standard InChI is InChI=1S/C16H19N3O6/c1-25-9-7-12(16(23)24)17-13(20)6-8-19-15(22)11-5-3-2-4-10(11)14(21)18-19/h2-5,12H,6-9H2,1H3,(H,17,20)(H,18,21)(H,23,24). The summed E-state index contributed by atoms with van der Waals surface area (Å²) in [4.78, 5) is 47.3. The number of carboxylic acids is 1. The molecule has 0 spiro atoms. The Morgan fingerprint density at radius 1 is 1.28 bits per heavy atom. The summed E-state index contributed by atoms with van der Waals surface area (Å²) in [6, 6.07) is 5.31. The van der Waals surface area contributed by atoms with Gasteiger partial charge in [-0.15, -0.1) is 0 Å². The molecule has 1 amide bonds. The zero-order valence-corrected chi connectivity index (χ0v) is 13.7. The van der Waals surface area contributed by atoms with Crippen LogP contribution < -0.4 is 16.4 Å². The number of carbonyl (C=O) groups excluding carboxylic acids is 1. The van der Waals surface area contributed by atoms with E-state index in [2.05, 4.69) is 10.4 Å². The number of aromatic amines is 1. The van der Waals surface area contributed by atoms with E-state index in [1.165, 1.54) is 13.2 Å². The predicted octanol–water partition coefficient (Wildman–Crippen LogP) is -0.314. The van der Waals surface area contributed by atoms with Gasteiger partial charge in [0.25, 0.3) is 11.1 Å². The summed E-state index contributed by atoms with van der Waals surface area (Å²) < 4.78 is 5.85. The zero-order valence-electron chi connectivity index (χ0n) is 13.7. The number of carboxylic acid groups (broad SMARTS) is 1. The molecule has 0 aliphatic heterocycles. The molecule has 1 aromatic carbocycles. The van der Waals surface area contributed by atoms with Crippen molar-refractivity contribution >= 4 is 22.6 Å². The summed E-state index contributed by atoms with van der Waals surface area (Å²) in [6.07, 6.45) is -0.0186. The lowest BCUT2D eigenvalue weighted by Crippen LogP contribution is -2.42. The molecule has 1 atom stereocenters. The number of hydrogen-bond acceptors (Lipinski definition) is 5. The van der Waals surface area contributed by atoms with Gasteiger partial charge in [-0.25, -0.2) is 9.48 Å². The van der Waals surface area contributed by atoms with Crippen molar-refractivity contribution < 1.29 is 19.4 Å². The molecule has 2 rings (SSSR count). The van der Waals surface area contributed by atoms with Gasteiger partial charge >= 0.3 is 5.97 Å². The molecule has 0 aliphatic rings. The van der Waals surface area contributed by atoms with Crippen molar-refractivity contribution in [1.82, 2.24) is 15.1 Å². The molecule has 25 heavy (non-hydrogen) atoms. The van der Waals surface area contributed by atoms with Crippen LogP contribution in [0.4, 0.5) is 0 Å². The van der Waals surface area contributed by atoms with E-state index in [1.807, 2.05) is 0 Å². The maximum atomic E-state index is 12.3. The molecule has 1 unspecified atom stereocenters. The van der Waals surface area contributed by atoms with E-state index in [-0.39, 0.29) is 36.8 Å². The minimum atomic E-state index is -1.17. The molecule has 0 saturated carbocycles. The summed E-state index contributed by atoms with van der Waals surface area (Å²) >= 11 is 0. The number of ether oxygens (including phenoxy) is 1. The van der Waals surface area contributed by atoms with Gasteiger partial charge in [0.2, 0.25) is 5.91 Å². The molecule has 3 N–H and O–H groups in total. The number of H-pyrrole nitrogens is 1. The van der Waals surface area contributed by atoms with E-state index in [1.54, 1.807) is 18.2 Å². The first-order valence-corrected chi connectivity index (χ1v) is 7.67. The summed E-state index contributed by atoms with van der Waals surface area (Å²) in [5.74, 6) is -1.70. The molecule has 9 heteroatoms. The van der Waals surface area contributed by atoms with Crippen LogP contribution in [0, 0.1) is 0 Å². The smallest absolute Gasteiger partial charge is 0.326 e. The number of benzene rings is 1. The van der Waals surface area contributed by atoms with Crippen LogP contribution in [0.15, 0.2) is 33.9 Å². The number of aliphatic carboxylic acids is 1. The Hall–Kier alpha value is -2.94. The quantitative estimate of drug-likeness (QED) is 0.599. The van der Waals surface area contributed by atoms with Gasteiger partial charge in [0.1, 0.15) is 6.04 Å². The predicted molar refractivity (Wildman–Crippen MR) is 89.5 cm³/mol. The maximum Gasteiger partial charge on any atom is 0.326 e. The number of aromatic nitrogens is 2. The van der Waals surface area contributed by atoms with Gasteiger partial charge in [-0.2, -0.15) is 0 Å². The van der Waals surface area contributed by atoms with Crippen molar-refractivity contribution in [3.05, 3.63) is 45.0 Å². The number of nitrogens with one attached hydrogen (secondary N) is 2. The van der Waals surface area contributed by atoms with Gasteiger partial charge in [-0.1, -0.05) is 12.1 Å². The Balaban J connectivity index is 2.08. The third kappa shape index (κ3) is 4.54. The van der Waals surface area contributed by atoms with Gasteiger partial charge in [0.15, 0.2) is 0 Å². The first-order chi connectivity index (χ1) is 11.9. The van der Waals surface area contributed by atoms with Gasteiger partial charge in [0.05, 0.1) is 17.3 Å². The second kappa shape index (κ2) is 8.25. The fourth-order valence-corrected chi connectivity index (χ4v) is 2.38. The van der Waals surface area contributed by atoms with Crippen molar-refractivity contribution in [3.8, 4) is 0 Å². The number of rotatable bonds is 8. The van der Waals surface area contributed by atoms with Gasteiger partial charge in [-0.05, 0) is 12.1 Å². The first kappa shape index (κ1) is 18.4. The van der Waals surface area contributed by atoms with Gasteiger partial charge in [0, 0.05) is 26.6 Å². The molecule has 0 aliphatic carbocycles. The number of nitrogens with zero attached hydrogens (tertiary/aromatic N) is 1. The van der Waals surface area contributed by atoms with Crippen molar-refractivity contribution in [1.29, 1.82) is 0 Å². The van der Waals surface area contributed by atoms with Crippen LogP contribution in [0.1, 0.15) is 12.8 Å². The molecule has 9 nitrogen and oxygen atoms in total. The number of aryl methyl sites for hydroxylation is 1. The molecule has 1 aromatic heterocycles. The Morgan fingerprint density at radius 3 is 2.60 bits per heavy atom. The number of fused-ring (bicyclic) bond motifs is 1. The van der Waals surface area contributed by atoms with Crippen LogP contribution in [0.5, 0.6) is 0 Å². The maximum absolute atomic E-state index is 12.3. The minimum Gasteiger partial charge on any atom is -0.480 e. The lowest BCUT2D eigenvalue weighted by atomic mass is 10.2. The monoisotopic (exact) mass is 349 g/mol. The highest BCUT2D eigenvalue weighted by Crippen LogP contribution is 2.02. The fourth-order valence-electron chi connectivity index (χ4n) is 2.38. The second-order valence-electron chi connectivity index (χ2n) is 5.43. The molecular weight excluding hydrogens is 330 g/mol.